The van der Waals surface area contributed by atoms with E-state index in [0.29, 0.717) is 0 Å². The molecule has 2 aromatic rings. The molecule has 1 saturated heterocycles. The Balaban J connectivity index is 1.69. The lowest BCUT2D eigenvalue weighted by atomic mass is 10.1. The molecule has 0 spiro atoms. The average Bonchev–Trinajstić information content (AvgIpc) is 2.64. The zero-order valence-corrected chi connectivity index (χ0v) is 14.0. The molecule has 0 bridgehead atoms. The first-order valence-electron chi connectivity index (χ1n) is 7.69. The van der Waals surface area contributed by atoms with Crippen molar-refractivity contribution in [1.82, 2.24) is 9.21 Å². The Labute approximate surface area is 144 Å². The van der Waals surface area contributed by atoms with Crippen molar-refractivity contribution in [3.05, 3.63) is 65.7 Å². The molecule has 1 amide bonds. The minimum absolute atomic E-state index is 0.0401. The SMILES string of the molecule is O=C(c1ccc(F)c(F)c1)N1CCN(S(=O)(=O)c2ccccc2)CC1. The standard InChI is InChI=1S/C17H16F2N2O3S/c18-15-7-6-13(12-16(15)19)17(22)20-8-10-21(11-9-20)25(23,24)14-4-2-1-3-5-14/h1-7,12H,8-11H2. The Morgan fingerprint density at radius 2 is 1.52 bits per heavy atom. The van der Waals surface area contributed by atoms with Crippen LogP contribution in [-0.2, 0) is 10.0 Å². The number of nitrogens with zero attached hydrogens (tertiary/aromatic N) is 2. The minimum atomic E-state index is -3.60. The van der Waals surface area contributed by atoms with E-state index in [1.807, 2.05) is 0 Å². The van der Waals surface area contributed by atoms with Crippen LogP contribution in [0.2, 0.25) is 0 Å². The quantitative estimate of drug-likeness (QED) is 0.836. The number of rotatable bonds is 3. The molecule has 0 N–H and O–H groups in total. The minimum Gasteiger partial charge on any atom is -0.336 e. The second-order valence-corrected chi connectivity index (χ2v) is 7.58. The van der Waals surface area contributed by atoms with Crippen LogP contribution in [0.25, 0.3) is 0 Å². The molecule has 0 unspecified atom stereocenters. The molecule has 1 heterocycles. The average molecular weight is 366 g/mol. The second-order valence-electron chi connectivity index (χ2n) is 5.64. The number of carbonyl (C=O) groups is 1. The Morgan fingerprint density at radius 1 is 0.880 bits per heavy atom. The van der Waals surface area contributed by atoms with E-state index in [1.165, 1.54) is 27.4 Å². The smallest absolute Gasteiger partial charge is 0.254 e. The zero-order chi connectivity index (χ0) is 18.0. The van der Waals surface area contributed by atoms with Crippen molar-refractivity contribution in [1.29, 1.82) is 0 Å². The molecule has 3 rings (SSSR count). The molecule has 0 aromatic heterocycles. The Kier molecular flexibility index (Phi) is 4.82. The highest BCUT2D eigenvalue weighted by atomic mass is 32.2. The maximum Gasteiger partial charge on any atom is 0.254 e. The Hall–Kier alpha value is -2.32. The van der Waals surface area contributed by atoms with Gasteiger partial charge < -0.3 is 4.90 Å². The molecule has 25 heavy (non-hydrogen) atoms. The third kappa shape index (κ3) is 3.54. The summed E-state index contributed by atoms with van der Waals surface area (Å²) < 4.78 is 52.7. The van der Waals surface area contributed by atoms with Crippen molar-refractivity contribution < 1.29 is 22.0 Å². The maximum absolute atomic E-state index is 13.3. The van der Waals surface area contributed by atoms with Crippen molar-refractivity contribution in [2.45, 2.75) is 4.90 Å². The fraction of sp³-hybridized carbons (Fsp3) is 0.235. The van der Waals surface area contributed by atoms with Crippen LogP contribution in [0.15, 0.2) is 53.4 Å². The summed E-state index contributed by atoms with van der Waals surface area (Å²) in [5, 5.41) is 0. The molecule has 0 aliphatic carbocycles. The lowest BCUT2D eigenvalue weighted by molar-refractivity contribution is 0.0697. The fourth-order valence-electron chi connectivity index (χ4n) is 2.68. The summed E-state index contributed by atoms with van der Waals surface area (Å²) in [7, 11) is -3.60. The monoisotopic (exact) mass is 366 g/mol. The molecule has 0 atom stereocenters. The summed E-state index contributed by atoms with van der Waals surface area (Å²) in [6.07, 6.45) is 0. The maximum atomic E-state index is 13.3. The van der Waals surface area contributed by atoms with Crippen LogP contribution in [0, 0.1) is 11.6 Å². The number of halogens is 2. The number of piperazine rings is 1. The van der Waals surface area contributed by atoms with Gasteiger partial charge in [-0.2, -0.15) is 4.31 Å². The highest BCUT2D eigenvalue weighted by Crippen LogP contribution is 2.18. The molecular formula is C17H16F2N2O3S. The van der Waals surface area contributed by atoms with Gasteiger partial charge in [-0.05, 0) is 30.3 Å². The highest BCUT2D eigenvalue weighted by molar-refractivity contribution is 7.89. The van der Waals surface area contributed by atoms with E-state index < -0.39 is 27.6 Å². The predicted molar refractivity (Wildman–Crippen MR) is 87.5 cm³/mol. The van der Waals surface area contributed by atoms with Gasteiger partial charge in [0.2, 0.25) is 10.0 Å². The van der Waals surface area contributed by atoms with Gasteiger partial charge in [0.1, 0.15) is 0 Å². The van der Waals surface area contributed by atoms with E-state index >= 15 is 0 Å². The van der Waals surface area contributed by atoms with E-state index in [-0.39, 0.29) is 36.6 Å². The van der Waals surface area contributed by atoms with Crippen LogP contribution >= 0.6 is 0 Å². The third-order valence-corrected chi connectivity index (χ3v) is 5.99. The molecule has 2 aromatic carbocycles. The van der Waals surface area contributed by atoms with E-state index in [0.717, 1.165) is 12.1 Å². The van der Waals surface area contributed by atoms with Crippen LogP contribution in [0.1, 0.15) is 10.4 Å². The first-order chi connectivity index (χ1) is 11.9. The summed E-state index contributed by atoms with van der Waals surface area (Å²) in [6, 6.07) is 11.0. The summed E-state index contributed by atoms with van der Waals surface area (Å²) >= 11 is 0. The van der Waals surface area contributed by atoms with Crippen LogP contribution in [-0.4, -0.2) is 49.7 Å². The number of benzene rings is 2. The predicted octanol–water partition coefficient (Wildman–Crippen LogP) is 2.11. The molecule has 0 saturated carbocycles. The third-order valence-electron chi connectivity index (χ3n) is 4.07. The van der Waals surface area contributed by atoms with Gasteiger partial charge in [-0.25, -0.2) is 17.2 Å². The first-order valence-corrected chi connectivity index (χ1v) is 9.13. The summed E-state index contributed by atoms with van der Waals surface area (Å²) in [5.74, 6) is -2.55. The number of hydrogen-bond acceptors (Lipinski definition) is 3. The summed E-state index contributed by atoms with van der Waals surface area (Å²) in [5.41, 5.74) is 0.0401. The molecular weight excluding hydrogens is 350 g/mol. The number of hydrogen-bond donors (Lipinski definition) is 0. The first kappa shape index (κ1) is 17.5. The van der Waals surface area contributed by atoms with Crippen molar-refractivity contribution in [3.63, 3.8) is 0 Å². The lowest BCUT2D eigenvalue weighted by Gasteiger charge is -2.34. The molecule has 1 aliphatic heterocycles. The van der Waals surface area contributed by atoms with Gasteiger partial charge in [0.15, 0.2) is 11.6 Å². The van der Waals surface area contributed by atoms with Gasteiger partial charge in [-0.3, -0.25) is 4.79 Å². The topological polar surface area (TPSA) is 57.7 Å². The zero-order valence-electron chi connectivity index (χ0n) is 13.2. The molecule has 0 radical (unpaired) electrons. The number of amides is 1. The van der Waals surface area contributed by atoms with Gasteiger partial charge in [0, 0.05) is 31.7 Å². The van der Waals surface area contributed by atoms with E-state index in [2.05, 4.69) is 0 Å². The van der Waals surface area contributed by atoms with Crippen molar-refractivity contribution in [3.8, 4) is 0 Å². The van der Waals surface area contributed by atoms with Crippen molar-refractivity contribution >= 4 is 15.9 Å². The van der Waals surface area contributed by atoms with Crippen LogP contribution in [0.5, 0.6) is 0 Å². The van der Waals surface area contributed by atoms with Crippen molar-refractivity contribution in [2.24, 2.45) is 0 Å². The van der Waals surface area contributed by atoms with Crippen LogP contribution < -0.4 is 0 Å². The Bertz CT molecular complexity index is 880. The normalized spacial score (nSPS) is 16.0. The van der Waals surface area contributed by atoms with Gasteiger partial charge in [0.05, 0.1) is 4.90 Å². The van der Waals surface area contributed by atoms with Crippen LogP contribution in [0.3, 0.4) is 0 Å². The van der Waals surface area contributed by atoms with Gasteiger partial charge >= 0.3 is 0 Å². The van der Waals surface area contributed by atoms with Crippen LogP contribution in [0.4, 0.5) is 8.78 Å². The molecule has 132 valence electrons. The van der Waals surface area contributed by atoms with E-state index in [4.69, 9.17) is 0 Å². The number of carbonyl (C=O) groups excluding carboxylic acids is 1. The molecule has 1 fully saturated rings. The van der Waals surface area contributed by atoms with E-state index in [1.54, 1.807) is 18.2 Å². The highest BCUT2D eigenvalue weighted by Gasteiger charge is 2.30. The largest absolute Gasteiger partial charge is 0.336 e. The van der Waals surface area contributed by atoms with Gasteiger partial charge in [-0.15, -0.1) is 0 Å². The van der Waals surface area contributed by atoms with Gasteiger partial charge in [-0.1, -0.05) is 18.2 Å². The summed E-state index contributed by atoms with van der Waals surface area (Å²) in [6.45, 7) is 0.660. The summed E-state index contributed by atoms with van der Waals surface area (Å²) in [4.78, 5) is 14.0. The molecule has 5 nitrogen and oxygen atoms in total. The molecule has 1 aliphatic rings. The van der Waals surface area contributed by atoms with Gasteiger partial charge in [0.25, 0.3) is 5.91 Å². The van der Waals surface area contributed by atoms with E-state index in [9.17, 15) is 22.0 Å². The number of sulfonamides is 1. The van der Waals surface area contributed by atoms with Crippen molar-refractivity contribution in [2.75, 3.05) is 26.2 Å². The Morgan fingerprint density at radius 3 is 2.12 bits per heavy atom. The molecule has 8 heteroatoms. The second kappa shape index (κ2) is 6.89. The lowest BCUT2D eigenvalue weighted by Crippen LogP contribution is -2.50. The fourth-order valence-corrected chi connectivity index (χ4v) is 4.13.